The van der Waals surface area contributed by atoms with Gasteiger partial charge in [-0.15, -0.1) is 0 Å². The van der Waals surface area contributed by atoms with E-state index in [2.05, 4.69) is 4.90 Å². The number of nitrogens with two attached hydrogens (primary N) is 1. The van der Waals surface area contributed by atoms with Crippen LogP contribution in [-0.2, 0) is 9.47 Å². The SMILES string of the molecule is COCCN(CCOC)CCC(N)c1cccc(F)c1. The maximum Gasteiger partial charge on any atom is 0.123 e. The van der Waals surface area contributed by atoms with E-state index in [9.17, 15) is 4.39 Å². The lowest BCUT2D eigenvalue weighted by molar-refractivity contribution is 0.112. The molecule has 0 amide bonds. The van der Waals surface area contributed by atoms with Crippen molar-refractivity contribution in [3.05, 3.63) is 35.6 Å². The van der Waals surface area contributed by atoms with Crippen LogP contribution in [0.4, 0.5) is 4.39 Å². The molecule has 0 fully saturated rings. The molecule has 0 heterocycles. The number of ether oxygens (including phenoxy) is 2. The Morgan fingerprint density at radius 2 is 1.80 bits per heavy atom. The number of nitrogens with zero attached hydrogens (tertiary/aromatic N) is 1. The van der Waals surface area contributed by atoms with E-state index in [-0.39, 0.29) is 11.9 Å². The Labute approximate surface area is 120 Å². The summed E-state index contributed by atoms with van der Waals surface area (Å²) in [6.07, 6.45) is 0.775. The van der Waals surface area contributed by atoms with Gasteiger partial charge >= 0.3 is 0 Å². The molecule has 2 N–H and O–H groups in total. The van der Waals surface area contributed by atoms with Gasteiger partial charge in [0.1, 0.15) is 5.82 Å². The predicted molar refractivity (Wildman–Crippen MR) is 78.1 cm³/mol. The van der Waals surface area contributed by atoms with Crippen molar-refractivity contribution in [2.75, 3.05) is 47.1 Å². The van der Waals surface area contributed by atoms with Gasteiger partial charge < -0.3 is 15.2 Å². The average molecular weight is 284 g/mol. The molecule has 0 aliphatic rings. The van der Waals surface area contributed by atoms with Crippen LogP contribution in [0.2, 0.25) is 0 Å². The first-order valence-electron chi connectivity index (χ1n) is 6.88. The first-order valence-corrected chi connectivity index (χ1v) is 6.88. The smallest absolute Gasteiger partial charge is 0.123 e. The monoisotopic (exact) mass is 284 g/mol. The van der Waals surface area contributed by atoms with E-state index in [0.717, 1.165) is 31.6 Å². The van der Waals surface area contributed by atoms with Crippen molar-refractivity contribution in [1.29, 1.82) is 0 Å². The molecule has 0 radical (unpaired) electrons. The molecule has 1 rings (SSSR count). The Morgan fingerprint density at radius 1 is 1.15 bits per heavy atom. The largest absolute Gasteiger partial charge is 0.383 e. The van der Waals surface area contributed by atoms with E-state index in [1.54, 1.807) is 20.3 Å². The van der Waals surface area contributed by atoms with Crippen LogP contribution >= 0.6 is 0 Å². The van der Waals surface area contributed by atoms with Crippen molar-refractivity contribution in [2.45, 2.75) is 12.5 Å². The lowest BCUT2D eigenvalue weighted by Gasteiger charge is -2.23. The van der Waals surface area contributed by atoms with Crippen molar-refractivity contribution in [3.63, 3.8) is 0 Å². The molecule has 1 atom stereocenters. The van der Waals surface area contributed by atoms with E-state index < -0.39 is 0 Å². The summed E-state index contributed by atoms with van der Waals surface area (Å²) in [5.41, 5.74) is 6.95. The molecule has 0 bridgehead atoms. The first-order chi connectivity index (χ1) is 9.67. The molecule has 0 saturated heterocycles. The van der Waals surface area contributed by atoms with Crippen molar-refractivity contribution < 1.29 is 13.9 Å². The zero-order chi connectivity index (χ0) is 14.8. The van der Waals surface area contributed by atoms with E-state index in [4.69, 9.17) is 15.2 Å². The van der Waals surface area contributed by atoms with E-state index in [1.165, 1.54) is 12.1 Å². The fraction of sp³-hybridized carbons (Fsp3) is 0.600. The highest BCUT2D eigenvalue weighted by Crippen LogP contribution is 2.15. The molecular weight excluding hydrogens is 259 g/mol. The minimum Gasteiger partial charge on any atom is -0.383 e. The van der Waals surface area contributed by atoms with Gasteiger partial charge in [-0.05, 0) is 24.1 Å². The van der Waals surface area contributed by atoms with Crippen molar-refractivity contribution in [3.8, 4) is 0 Å². The number of benzene rings is 1. The van der Waals surface area contributed by atoms with Crippen LogP contribution in [0.1, 0.15) is 18.0 Å². The van der Waals surface area contributed by atoms with Crippen LogP contribution in [0.15, 0.2) is 24.3 Å². The maximum absolute atomic E-state index is 13.2. The topological polar surface area (TPSA) is 47.7 Å². The minimum atomic E-state index is -0.242. The molecule has 0 aliphatic heterocycles. The summed E-state index contributed by atoms with van der Waals surface area (Å²) in [5.74, 6) is -0.242. The van der Waals surface area contributed by atoms with E-state index >= 15 is 0 Å². The van der Waals surface area contributed by atoms with Gasteiger partial charge in [-0.1, -0.05) is 12.1 Å². The summed E-state index contributed by atoms with van der Waals surface area (Å²) in [6.45, 7) is 3.88. The van der Waals surface area contributed by atoms with Crippen LogP contribution in [0.25, 0.3) is 0 Å². The highest BCUT2D eigenvalue weighted by atomic mass is 19.1. The lowest BCUT2D eigenvalue weighted by atomic mass is 10.0. The molecule has 0 saturated carbocycles. The summed E-state index contributed by atoms with van der Waals surface area (Å²) >= 11 is 0. The van der Waals surface area contributed by atoms with Crippen LogP contribution in [0.5, 0.6) is 0 Å². The second-order valence-electron chi connectivity index (χ2n) is 4.78. The van der Waals surface area contributed by atoms with Gasteiger partial charge in [0.25, 0.3) is 0 Å². The van der Waals surface area contributed by atoms with Crippen LogP contribution in [0.3, 0.4) is 0 Å². The highest BCUT2D eigenvalue weighted by molar-refractivity contribution is 5.19. The molecule has 1 unspecified atom stereocenters. The summed E-state index contributed by atoms with van der Waals surface area (Å²) < 4.78 is 23.4. The van der Waals surface area contributed by atoms with Gasteiger partial charge in [0.2, 0.25) is 0 Å². The van der Waals surface area contributed by atoms with Crippen LogP contribution in [-0.4, -0.2) is 52.0 Å². The number of rotatable bonds is 10. The van der Waals surface area contributed by atoms with Gasteiger partial charge in [0.05, 0.1) is 13.2 Å². The zero-order valence-corrected chi connectivity index (χ0v) is 12.3. The minimum absolute atomic E-state index is 0.154. The Hall–Kier alpha value is -1.01. The molecular formula is C15H25FN2O2. The standard InChI is InChI=1S/C15H25FN2O2/c1-19-10-8-18(9-11-20-2)7-6-15(17)13-4-3-5-14(16)12-13/h3-5,12,15H,6-11,17H2,1-2H3. The summed E-state index contributed by atoms with van der Waals surface area (Å²) in [4.78, 5) is 2.24. The van der Waals surface area contributed by atoms with Crippen molar-refractivity contribution >= 4 is 0 Å². The molecule has 4 nitrogen and oxygen atoms in total. The Morgan fingerprint density at radius 3 is 2.35 bits per heavy atom. The molecule has 1 aromatic rings. The van der Waals surface area contributed by atoms with Crippen molar-refractivity contribution in [1.82, 2.24) is 4.90 Å². The second-order valence-corrected chi connectivity index (χ2v) is 4.78. The van der Waals surface area contributed by atoms with Gasteiger partial charge in [-0.2, -0.15) is 0 Å². The maximum atomic E-state index is 13.2. The summed E-state index contributed by atoms with van der Waals surface area (Å²) in [6, 6.07) is 6.33. The van der Waals surface area contributed by atoms with Crippen molar-refractivity contribution in [2.24, 2.45) is 5.73 Å². The third-order valence-corrected chi connectivity index (χ3v) is 3.26. The third kappa shape index (κ3) is 6.43. The average Bonchev–Trinajstić information content (AvgIpc) is 2.46. The zero-order valence-electron chi connectivity index (χ0n) is 12.3. The number of halogens is 1. The summed E-state index contributed by atoms with van der Waals surface area (Å²) in [7, 11) is 3.37. The summed E-state index contributed by atoms with van der Waals surface area (Å²) in [5, 5.41) is 0. The third-order valence-electron chi connectivity index (χ3n) is 3.26. The van der Waals surface area contributed by atoms with E-state index in [0.29, 0.717) is 13.2 Å². The fourth-order valence-electron chi connectivity index (χ4n) is 2.00. The van der Waals surface area contributed by atoms with Crippen LogP contribution in [0, 0.1) is 5.82 Å². The second kappa shape index (κ2) is 9.83. The molecule has 0 spiro atoms. The highest BCUT2D eigenvalue weighted by Gasteiger charge is 2.10. The lowest BCUT2D eigenvalue weighted by Crippen LogP contribution is -2.33. The number of methoxy groups -OCH3 is 2. The molecule has 5 heteroatoms. The number of hydrogen-bond donors (Lipinski definition) is 1. The van der Waals surface area contributed by atoms with Gasteiger partial charge in [-0.3, -0.25) is 4.90 Å². The van der Waals surface area contributed by atoms with E-state index in [1.807, 2.05) is 6.07 Å². The molecule has 1 aromatic carbocycles. The Kier molecular flexibility index (Phi) is 8.37. The molecule has 20 heavy (non-hydrogen) atoms. The molecule has 114 valence electrons. The van der Waals surface area contributed by atoms with Gasteiger partial charge in [0, 0.05) is 39.9 Å². The predicted octanol–water partition coefficient (Wildman–Crippen LogP) is 1.81. The first kappa shape index (κ1) is 17.0. The quantitative estimate of drug-likeness (QED) is 0.712. The van der Waals surface area contributed by atoms with Crippen LogP contribution < -0.4 is 5.73 Å². The molecule has 0 aliphatic carbocycles. The Bertz CT molecular complexity index is 369. The van der Waals surface area contributed by atoms with Gasteiger partial charge in [0.15, 0.2) is 0 Å². The fourth-order valence-corrected chi connectivity index (χ4v) is 2.00. The van der Waals surface area contributed by atoms with Gasteiger partial charge in [-0.25, -0.2) is 4.39 Å². The normalized spacial score (nSPS) is 12.8. The number of hydrogen-bond acceptors (Lipinski definition) is 4. The Balaban J connectivity index is 2.44. The molecule has 0 aromatic heterocycles.